The van der Waals surface area contributed by atoms with Gasteiger partial charge >= 0.3 is 0 Å². The number of fused-ring (bicyclic) bond motifs is 2. The summed E-state index contributed by atoms with van der Waals surface area (Å²) in [6.45, 7) is 5.19. The van der Waals surface area contributed by atoms with Crippen LogP contribution < -0.4 is 10.6 Å². The van der Waals surface area contributed by atoms with Gasteiger partial charge in [0.1, 0.15) is 24.6 Å². The van der Waals surface area contributed by atoms with Crippen LogP contribution in [-0.2, 0) is 14.2 Å². The van der Waals surface area contributed by atoms with Gasteiger partial charge in [-0.05, 0) is 13.8 Å². The Kier molecular flexibility index (Phi) is 5.18. The Morgan fingerprint density at radius 3 is 2.89 bits per heavy atom. The second kappa shape index (κ2) is 7.62. The molecule has 3 N–H and O–H groups in total. The van der Waals surface area contributed by atoms with Gasteiger partial charge < -0.3 is 30.0 Å². The third kappa shape index (κ3) is 3.43. The van der Waals surface area contributed by atoms with Crippen LogP contribution in [0.15, 0.2) is 12.7 Å². The van der Waals surface area contributed by atoms with Crippen LogP contribution in [-0.4, -0.2) is 75.0 Å². The van der Waals surface area contributed by atoms with E-state index in [0.29, 0.717) is 36.6 Å². The fraction of sp³-hybridized carbons (Fsp3) is 0.611. The quantitative estimate of drug-likeness (QED) is 0.441. The van der Waals surface area contributed by atoms with Crippen LogP contribution in [0.5, 0.6) is 0 Å². The molecule has 150 valence electrons. The second-order valence-corrected chi connectivity index (χ2v) is 7.16. The van der Waals surface area contributed by atoms with Gasteiger partial charge in [-0.3, -0.25) is 4.57 Å². The van der Waals surface area contributed by atoms with Crippen molar-refractivity contribution >= 4 is 17.0 Å². The van der Waals surface area contributed by atoms with Gasteiger partial charge in [0.25, 0.3) is 0 Å². The monoisotopic (exact) mass is 388 g/mol. The van der Waals surface area contributed by atoms with E-state index in [-0.39, 0.29) is 24.9 Å². The molecule has 0 spiro atoms. The zero-order valence-electron chi connectivity index (χ0n) is 15.8. The average molecular weight is 388 g/mol. The van der Waals surface area contributed by atoms with Crippen LogP contribution in [0.1, 0.15) is 20.1 Å². The average Bonchev–Trinajstić information content (AvgIpc) is 3.32. The van der Waals surface area contributed by atoms with E-state index < -0.39 is 12.0 Å². The highest BCUT2D eigenvalue weighted by Gasteiger charge is 2.55. The van der Waals surface area contributed by atoms with E-state index in [1.165, 1.54) is 6.33 Å². The van der Waals surface area contributed by atoms with Crippen molar-refractivity contribution in [3.63, 3.8) is 0 Å². The molecule has 4 atom stereocenters. The molecule has 2 aliphatic rings. The van der Waals surface area contributed by atoms with E-state index in [0.717, 1.165) is 0 Å². The fourth-order valence-corrected chi connectivity index (χ4v) is 3.67. The van der Waals surface area contributed by atoms with Crippen LogP contribution >= 0.6 is 0 Å². The Labute approximate surface area is 162 Å². The minimum atomic E-state index is -0.711. The van der Waals surface area contributed by atoms with Crippen LogP contribution in [0, 0.1) is 12.3 Å². The minimum absolute atomic E-state index is 0.0591. The van der Waals surface area contributed by atoms with Crippen LogP contribution in [0.4, 0.5) is 5.82 Å². The molecule has 0 aromatic carbocycles. The van der Waals surface area contributed by atoms with Gasteiger partial charge in [0.15, 0.2) is 29.0 Å². The summed E-state index contributed by atoms with van der Waals surface area (Å²) in [6.07, 6.45) is 7.20. The minimum Gasteiger partial charge on any atom is -0.395 e. The van der Waals surface area contributed by atoms with Crippen molar-refractivity contribution in [2.75, 3.05) is 31.6 Å². The Balaban J connectivity index is 1.64. The van der Waals surface area contributed by atoms with E-state index in [2.05, 4.69) is 31.5 Å². The summed E-state index contributed by atoms with van der Waals surface area (Å²) in [5, 5.41) is 15.2. The molecular formula is C18H24N6O4. The molecule has 10 nitrogen and oxygen atoms in total. The van der Waals surface area contributed by atoms with Crippen molar-refractivity contribution < 1.29 is 19.3 Å². The van der Waals surface area contributed by atoms with Gasteiger partial charge in [0.2, 0.25) is 0 Å². The normalized spacial score (nSPS) is 28.4. The van der Waals surface area contributed by atoms with Gasteiger partial charge in [0.05, 0.1) is 19.5 Å². The predicted molar refractivity (Wildman–Crippen MR) is 100 cm³/mol. The lowest BCUT2D eigenvalue weighted by Gasteiger charge is -2.25. The molecule has 0 aliphatic carbocycles. The molecule has 0 amide bonds. The highest BCUT2D eigenvalue weighted by atomic mass is 16.8. The number of imidazole rings is 1. The molecule has 2 aromatic rings. The molecule has 4 rings (SSSR count). The molecule has 2 saturated heterocycles. The van der Waals surface area contributed by atoms with Crippen molar-refractivity contribution in [2.24, 2.45) is 0 Å². The number of ether oxygens (including phenoxy) is 3. The molecule has 2 aliphatic heterocycles. The number of aliphatic hydroxyl groups is 1. The molecule has 2 aromatic heterocycles. The molecular weight excluding hydrogens is 364 g/mol. The van der Waals surface area contributed by atoms with Gasteiger partial charge in [-0.1, -0.05) is 5.92 Å². The molecule has 0 saturated carbocycles. The summed E-state index contributed by atoms with van der Waals surface area (Å²) in [7, 11) is 0. The Bertz CT molecular complexity index is 879. The summed E-state index contributed by atoms with van der Waals surface area (Å²) in [4.78, 5) is 13.0. The van der Waals surface area contributed by atoms with Crippen molar-refractivity contribution in [3.8, 4) is 12.3 Å². The van der Waals surface area contributed by atoms with E-state index in [4.69, 9.17) is 25.7 Å². The SMILES string of the molecule is C#CCNc1ncnc2c1ncn2[C@@H]1O[C@H](CNCCO)[C@H]2OC(C)(C)O[C@H]21. The molecule has 4 heterocycles. The van der Waals surface area contributed by atoms with Gasteiger partial charge in [0, 0.05) is 13.1 Å². The lowest BCUT2D eigenvalue weighted by atomic mass is 10.1. The molecule has 2 fully saturated rings. The van der Waals surface area contributed by atoms with Crippen molar-refractivity contribution in [1.82, 2.24) is 24.8 Å². The number of aliphatic hydroxyl groups excluding tert-OH is 1. The number of nitrogens with zero attached hydrogens (tertiary/aromatic N) is 4. The smallest absolute Gasteiger partial charge is 0.167 e. The second-order valence-electron chi connectivity index (χ2n) is 7.16. The van der Waals surface area contributed by atoms with E-state index in [1.807, 2.05) is 18.4 Å². The summed E-state index contributed by atoms with van der Waals surface area (Å²) >= 11 is 0. The first-order valence-electron chi connectivity index (χ1n) is 9.21. The molecule has 0 radical (unpaired) electrons. The number of terminal acetylenes is 1. The number of anilines is 1. The third-order valence-corrected chi connectivity index (χ3v) is 4.75. The Morgan fingerprint density at radius 2 is 2.11 bits per heavy atom. The largest absolute Gasteiger partial charge is 0.395 e. The number of hydrogen-bond acceptors (Lipinski definition) is 9. The molecule has 28 heavy (non-hydrogen) atoms. The summed E-state index contributed by atoms with van der Waals surface area (Å²) in [5.41, 5.74) is 1.23. The Morgan fingerprint density at radius 1 is 1.29 bits per heavy atom. The molecule has 10 heteroatoms. The van der Waals surface area contributed by atoms with E-state index in [1.54, 1.807) is 6.33 Å². The number of aromatic nitrogens is 4. The standard InChI is InChI=1S/C18H24N6O4/c1-4-5-20-15-12-16(22-9-21-15)24(10-23-12)17-14-13(27-18(2,3)28-14)11(26-17)8-19-6-7-25/h1,9-11,13-14,17,19,25H,5-8H2,2-3H3,(H,20,21,22)/t11-,13-,14-,17-/m1/s1. The van der Waals surface area contributed by atoms with E-state index in [9.17, 15) is 0 Å². The van der Waals surface area contributed by atoms with Crippen LogP contribution in [0.3, 0.4) is 0 Å². The lowest BCUT2D eigenvalue weighted by molar-refractivity contribution is -0.195. The first kappa shape index (κ1) is 19.0. The van der Waals surface area contributed by atoms with Crippen LogP contribution in [0.2, 0.25) is 0 Å². The summed E-state index contributed by atoms with van der Waals surface area (Å²) in [5.74, 6) is 2.38. The summed E-state index contributed by atoms with van der Waals surface area (Å²) < 4.78 is 20.3. The highest BCUT2D eigenvalue weighted by Crippen LogP contribution is 2.43. The maximum atomic E-state index is 9.01. The lowest BCUT2D eigenvalue weighted by Crippen LogP contribution is -2.38. The molecule has 0 bridgehead atoms. The van der Waals surface area contributed by atoms with Crippen LogP contribution in [0.25, 0.3) is 11.2 Å². The van der Waals surface area contributed by atoms with Crippen molar-refractivity contribution in [2.45, 2.75) is 44.2 Å². The highest BCUT2D eigenvalue weighted by molar-refractivity contribution is 5.82. The van der Waals surface area contributed by atoms with Crippen molar-refractivity contribution in [3.05, 3.63) is 12.7 Å². The number of nitrogens with one attached hydrogen (secondary N) is 2. The topological polar surface area (TPSA) is 116 Å². The zero-order chi connectivity index (χ0) is 19.7. The fourth-order valence-electron chi connectivity index (χ4n) is 3.67. The van der Waals surface area contributed by atoms with Gasteiger partial charge in [-0.2, -0.15) is 0 Å². The molecule has 0 unspecified atom stereocenters. The first-order valence-corrected chi connectivity index (χ1v) is 9.21. The predicted octanol–water partition coefficient (Wildman–Crippen LogP) is -0.129. The maximum Gasteiger partial charge on any atom is 0.167 e. The first-order chi connectivity index (χ1) is 13.5. The van der Waals surface area contributed by atoms with Crippen molar-refractivity contribution in [1.29, 1.82) is 0 Å². The van der Waals surface area contributed by atoms with E-state index >= 15 is 0 Å². The third-order valence-electron chi connectivity index (χ3n) is 4.75. The number of rotatable bonds is 7. The number of hydrogen-bond donors (Lipinski definition) is 3. The van der Waals surface area contributed by atoms with Gasteiger partial charge in [-0.15, -0.1) is 6.42 Å². The van der Waals surface area contributed by atoms with Gasteiger partial charge in [-0.25, -0.2) is 15.0 Å². The Hall–Kier alpha value is -2.29. The zero-order valence-corrected chi connectivity index (χ0v) is 15.8. The summed E-state index contributed by atoms with van der Waals surface area (Å²) in [6, 6.07) is 0. The maximum absolute atomic E-state index is 9.01.